The predicted octanol–water partition coefficient (Wildman–Crippen LogP) is 3.68. The van der Waals surface area contributed by atoms with Gasteiger partial charge in [-0.05, 0) is 37.4 Å². The molecule has 0 aliphatic rings. The van der Waals surface area contributed by atoms with Gasteiger partial charge in [0.15, 0.2) is 0 Å². The monoisotopic (exact) mass is 301 g/mol. The highest BCUT2D eigenvalue weighted by Crippen LogP contribution is 2.26. The Hall–Kier alpha value is -1.65. The number of likely N-dealkylation sites (N-methyl/N-ethyl adjacent to an activating group) is 1. The second kappa shape index (κ2) is 7.38. The first kappa shape index (κ1) is 15.7. The van der Waals surface area contributed by atoms with Crippen molar-refractivity contribution < 1.29 is 0 Å². The van der Waals surface area contributed by atoms with Crippen molar-refractivity contribution in [1.29, 1.82) is 5.41 Å². The molecule has 2 rings (SSSR count). The van der Waals surface area contributed by atoms with Crippen molar-refractivity contribution in [3.05, 3.63) is 58.3 Å². The van der Waals surface area contributed by atoms with Crippen molar-refractivity contribution in [3.63, 3.8) is 0 Å². The van der Waals surface area contributed by atoms with Crippen LogP contribution in [-0.4, -0.2) is 23.8 Å². The zero-order chi connectivity index (χ0) is 15.2. The molecule has 3 nitrogen and oxygen atoms in total. The molecule has 0 bridgehead atoms. The van der Waals surface area contributed by atoms with E-state index in [-0.39, 0.29) is 11.9 Å². The molecule has 4 heteroatoms. The molecule has 2 unspecified atom stereocenters. The van der Waals surface area contributed by atoms with Gasteiger partial charge in [0, 0.05) is 23.4 Å². The molecular formula is C17H23N3S. The van der Waals surface area contributed by atoms with Gasteiger partial charge in [-0.2, -0.15) is 0 Å². The summed E-state index contributed by atoms with van der Waals surface area (Å²) in [6.07, 6.45) is 1.59. The lowest BCUT2D eigenvalue weighted by atomic mass is 9.99. The second-order valence-electron chi connectivity index (χ2n) is 5.45. The van der Waals surface area contributed by atoms with Gasteiger partial charge in [0.05, 0.1) is 5.84 Å². The Morgan fingerprint density at radius 2 is 1.95 bits per heavy atom. The third kappa shape index (κ3) is 4.41. The Kier molecular flexibility index (Phi) is 5.53. The van der Waals surface area contributed by atoms with Crippen LogP contribution in [0.5, 0.6) is 0 Å². The molecule has 0 radical (unpaired) electrons. The van der Waals surface area contributed by atoms with Crippen LogP contribution < -0.4 is 5.73 Å². The molecule has 0 spiro atoms. The Bertz CT molecular complexity index is 551. The zero-order valence-corrected chi connectivity index (χ0v) is 13.4. The third-order valence-electron chi connectivity index (χ3n) is 3.86. The maximum absolute atomic E-state index is 7.66. The Morgan fingerprint density at radius 1 is 1.24 bits per heavy atom. The average molecular weight is 301 g/mol. The van der Waals surface area contributed by atoms with Gasteiger partial charge in [0.2, 0.25) is 0 Å². The first-order valence-corrected chi connectivity index (χ1v) is 8.08. The van der Waals surface area contributed by atoms with E-state index in [1.807, 2.05) is 18.2 Å². The lowest BCUT2D eigenvalue weighted by Gasteiger charge is -2.33. The van der Waals surface area contributed by atoms with E-state index < -0.39 is 0 Å². The maximum Gasteiger partial charge on any atom is 0.0924 e. The molecule has 112 valence electrons. The van der Waals surface area contributed by atoms with Gasteiger partial charge in [-0.1, -0.05) is 36.4 Å². The molecule has 0 fully saturated rings. The smallest absolute Gasteiger partial charge is 0.0924 e. The molecule has 21 heavy (non-hydrogen) atoms. The minimum absolute atomic E-state index is 0.152. The summed E-state index contributed by atoms with van der Waals surface area (Å²) in [6, 6.07) is 15.1. The van der Waals surface area contributed by atoms with Crippen LogP contribution in [-0.2, 0) is 6.42 Å². The van der Waals surface area contributed by atoms with E-state index in [2.05, 4.69) is 48.5 Å². The number of hydrogen-bond acceptors (Lipinski definition) is 3. The van der Waals surface area contributed by atoms with E-state index in [1.165, 1.54) is 10.4 Å². The molecular weight excluding hydrogens is 278 g/mol. The summed E-state index contributed by atoms with van der Waals surface area (Å²) in [5, 5.41) is 9.78. The summed E-state index contributed by atoms with van der Waals surface area (Å²) in [5.41, 5.74) is 6.88. The summed E-state index contributed by atoms with van der Waals surface area (Å²) >= 11 is 1.80. The van der Waals surface area contributed by atoms with Crippen molar-refractivity contribution in [2.75, 3.05) is 7.05 Å². The van der Waals surface area contributed by atoms with Crippen LogP contribution in [0.2, 0.25) is 0 Å². The van der Waals surface area contributed by atoms with Gasteiger partial charge >= 0.3 is 0 Å². The number of hydrogen-bond donors (Lipinski definition) is 2. The predicted molar refractivity (Wildman–Crippen MR) is 91.0 cm³/mol. The van der Waals surface area contributed by atoms with Crippen LogP contribution in [0, 0.1) is 5.41 Å². The molecule has 0 saturated heterocycles. The minimum Gasteiger partial charge on any atom is -0.388 e. The third-order valence-corrected chi connectivity index (χ3v) is 4.76. The second-order valence-corrected chi connectivity index (χ2v) is 6.49. The summed E-state index contributed by atoms with van der Waals surface area (Å²) in [6.45, 7) is 2.23. The van der Waals surface area contributed by atoms with Crippen LogP contribution in [0.3, 0.4) is 0 Å². The van der Waals surface area contributed by atoms with Crippen molar-refractivity contribution in [1.82, 2.24) is 4.90 Å². The standard InChI is InChI=1S/C17H23N3S/c1-13(11-15-9-6-10-21-15)20(2)16(12-17(18)19)14-7-4-3-5-8-14/h3-10,13,16H,11-12H2,1-2H3,(H3,18,19). The van der Waals surface area contributed by atoms with E-state index >= 15 is 0 Å². The highest BCUT2D eigenvalue weighted by atomic mass is 32.1. The number of benzene rings is 1. The first-order chi connectivity index (χ1) is 10.1. The molecule has 0 aliphatic heterocycles. The van der Waals surface area contributed by atoms with Gasteiger partial charge < -0.3 is 5.73 Å². The fraction of sp³-hybridized carbons (Fsp3) is 0.353. The molecule has 0 aliphatic carbocycles. The largest absolute Gasteiger partial charge is 0.388 e. The van der Waals surface area contributed by atoms with Gasteiger partial charge in [-0.3, -0.25) is 10.3 Å². The van der Waals surface area contributed by atoms with Crippen molar-refractivity contribution in [3.8, 4) is 0 Å². The Labute approximate surface area is 130 Å². The van der Waals surface area contributed by atoms with Crippen LogP contribution in [0.1, 0.15) is 29.8 Å². The molecule has 0 saturated carbocycles. The first-order valence-electron chi connectivity index (χ1n) is 7.20. The van der Waals surface area contributed by atoms with Gasteiger partial charge in [0.25, 0.3) is 0 Å². The van der Waals surface area contributed by atoms with Crippen molar-refractivity contribution in [2.24, 2.45) is 5.73 Å². The van der Waals surface area contributed by atoms with Gasteiger partial charge in [0.1, 0.15) is 0 Å². The lowest BCUT2D eigenvalue weighted by Crippen LogP contribution is -2.36. The van der Waals surface area contributed by atoms with E-state index in [4.69, 9.17) is 11.1 Å². The lowest BCUT2D eigenvalue weighted by molar-refractivity contribution is 0.188. The molecule has 1 heterocycles. The SMILES string of the molecule is CC(Cc1cccs1)N(C)C(CC(=N)N)c1ccccc1. The zero-order valence-electron chi connectivity index (χ0n) is 12.6. The van der Waals surface area contributed by atoms with E-state index in [1.54, 1.807) is 11.3 Å². The van der Waals surface area contributed by atoms with Crippen LogP contribution in [0.25, 0.3) is 0 Å². The quantitative estimate of drug-likeness (QED) is 0.605. The highest BCUT2D eigenvalue weighted by Gasteiger charge is 2.22. The van der Waals surface area contributed by atoms with E-state index in [0.717, 1.165) is 6.42 Å². The summed E-state index contributed by atoms with van der Waals surface area (Å²) in [4.78, 5) is 3.72. The van der Waals surface area contributed by atoms with Gasteiger partial charge in [-0.25, -0.2) is 0 Å². The number of thiophene rings is 1. The fourth-order valence-corrected chi connectivity index (χ4v) is 3.38. The Balaban J connectivity index is 2.13. The summed E-state index contributed by atoms with van der Waals surface area (Å²) in [5.74, 6) is 0.235. The molecule has 2 aromatic rings. The van der Waals surface area contributed by atoms with E-state index in [9.17, 15) is 0 Å². The van der Waals surface area contributed by atoms with Crippen LogP contribution in [0.15, 0.2) is 47.8 Å². The highest BCUT2D eigenvalue weighted by molar-refractivity contribution is 7.09. The molecule has 1 aromatic heterocycles. The van der Waals surface area contributed by atoms with Crippen LogP contribution >= 0.6 is 11.3 Å². The van der Waals surface area contributed by atoms with Crippen molar-refractivity contribution >= 4 is 17.2 Å². The number of nitrogens with two attached hydrogens (primary N) is 1. The average Bonchev–Trinajstić information content (AvgIpc) is 2.97. The van der Waals surface area contributed by atoms with Crippen LogP contribution in [0.4, 0.5) is 0 Å². The summed E-state index contributed by atoms with van der Waals surface area (Å²) in [7, 11) is 2.12. The molecule has 3 N–H and O–H groups in total. The number of rotatable bonds is 7. The molecule has 1 aromatic carbocycles. The normalized spacial score (nSPS) is 14.0. The Morgan fingerprint density at radius 3 is 2.52 bits per heavy atom. The summed E-state index contributed by atoms with van der Waals surface area (Å²) < 4.78 is 0. The van der Waals surface area contributed by atoms with E-state index in [0.29, 0.717) is 12.5 Å². The number of amidine groups is 1. The topological polar surface area (TPSA) is 53.1 Å². The van der Waals surface area contributed by atoms with Gasteiger partial charge in [-0.15, -0.1) is 11.3 Å². The molecule has 2 atom stereocenters. The molecule has 0 amide bonds. The number of nitrogens with zero attached hydrogens (tertiary/aromatic N) is 1. The van der Waals surface area contributed by atoms with Crippen molar-refractivity contribution in [2.45, 2.75) is 31.8 Å². The maximum atomic E-state index is 7.66. The number of nitrogens with one attached hydrogen (secondary N) is 1. The minimum atomic E-state index is 0.152. The fourth-order valence-electron chi connectivity index (χ4n) is 2.55.